The molecule has 1 atom stereocenters. The molecule has 3 heteroatoms. The van der Waals surface area contributed by atoms with Gasteiger partial charge in [-0.1, -0.05) is 39.3 Å². The third-order valence-electron chi connectivity index (χ3n) is 4.31. The van der Waals surface area contributed by atoms with Crippen molar-refractivity contribution in [3.8, 4) is 0 Å². The molecule has 0 unspecified atom stereocenters. The third-order valence-corrected chi connectivity index (χ3v) is 4.31. The van der Waals surface area contributed by atoms with Crippen LogP contribution in [0.1, 0.15) is 59.8 Å². The van der Waals surface area contributed by atoms with Crippen molar-refractivity contribution in [2.45, 2.75) is 59.8 Å². The summed E-state index contributed by atoms with van der Waals surface area (Å²) in [5, 5.41) is 0. The number of allylic oxidation sites excluding steroid dienone is 1. The molecule has 0 aromatic carbocycles. The van der Waals surface area contributed by atoms with E-state index in [0.29, 0.717) is 13.0 Å². The van der Waals surface area contributed by atoms with Gasteiger partial charge in [0.2, 0.25) is 0 Å². The molecular formula is C16H26O3. The molecule has 1 rings (SSSR count). The van der Waals surface area contributed by atoms with Gasteiger partial charge in [0.15, 0.2) is 0 Å². The Bertz CT molecular complexity index is 381. The number of ether oxygens (including phenoxy) is 1. The summed E-state index contributed by atoms with van der Waals surface area (Å²) >= 11 is 0. The van der Waals surface area contributed by atoms with E-state index in [4.69, 9.17) is 4.74 Å². The van der Waals surface area contributed by atoms with Crippen molar-refractivity contribution in [1.82, 2.24) is 0 Å². The first-order valence-corrected chi connectivity index (χ1v) is 7.08. The predicted octanol–water partition coefficient (Wildman–Crippen LogP) is 3.67. The van der Waals surface area contributed by atoms with E-state index in [-0.39, 0.29) is 23.0 Å². The van der Waals surface area contributed by atoms with Crippen LogP contribution in [-0.4, -0.2) is 18.4 Å². The maximum absolute atomic E-state index is 12.0. The SMILES string of the molecule is C=C1C(C)(C)CCC[C@]1(C)CC(=O)CC(=O)OCC. The second-order valence-electron chi connectivity index (χ2n) is 6.47. The Balaban J connectivity index is 2.66. The molecule has 19 heavy (non-hydrogen) atoms. The molecule has 0 aliphatic heterocycles. The van der Waals surface area contributed by atoms with Crippen LogP contribution in [0, 0.1) is 10.8 Å². The number of hydrogen-bond donors (Lipinski definition) is 0. The topological polar surface area (TPSA) is 43.4 Å². The van der Waals surface area contributed by atoms with Gasteiger partial charge in [0.05, 0.1) is 6.61 Å². The van der Waals surface area contributed by atoms with Crippen LogP contribution in [0.2, 0.25) is 0 Å². The van der Waals surface area contributed by atoms with Gasteiger partial charge < -0.3 is 4.74 Å². The fourth-order valence-electron chi connectivity index (χ4n) is 3.10. The van der Waals surface area contributed by atoms with Crippen LogP contribution in [0.5, 0.6) is 0 Å². The van der Waals surface area contributed by atoms with E-state index in [0.717, 1.165) is 24.8 Å². The highest BCUT2D eigenvalue weighted by Crippen LogP contribution is 2.51. The summed E-state index contributed by atoms with van der Waals surface area (Å²) < 4.78 is 4.82. The molecule has 0 aromatic rings. The number of carbonyl (C=O) groups is 2. The zero-order chi connectivity index (χ0) is 14.7. The first-order chi connectivity index (χ1) is 8.71. The van der Waals surface area contributed by atoms with Crippen LogP contribution < -0.4 is 0 Å². The predicted molar refractivity (Wildman–Crippen MR) is 75.8 cm³/mol. The van der Waals surface area contributed by atoms with Gasteiger partial charge in [0, 0.05) is 6.42 Å². The Labute approximate surface area is 116 Å². The standard InChI is InChI=1S/C16H26O3/c1-6-19-14(18)10-13(17)11-16(5)9-7-8-15(3,4)12(16)2/h2,6-11H2,1,3-5H3/t16-/m1/s1. The van der Waals surface area contributed by atoms with Crippen molar-refractivity contribution in [3.63, 3.8) is 0 Å². The minimum atomic E-state index is -0.420. The number of Topliss-reactive ketones (excluding diaryl/α,β-unsaturated/α-hetero) is 1. The molecule has 0 amide bonds. The minimum absolute atomic E-state index is 0.0419. The van der Waals surface area contributed by atoms with Crippen LogP contribution in [0.25, 0.3) is 0 Å². The summed E-state index contributed by atoms with van der Waals surface area (Å²) in [5.41, 5.74) is 1.05. The first-order valence-electron chi connectivity index (χ1n) is 7.08. The molecule has 0 spiro atoms. The van der Waals surface area contributed by atoms with Gasteiger partial charge in [0.25, 0.3) is 0 Å². The van der Waals surface area contributed by atoms with Crippen molar-refractivity contribution in [2.75, 3.05) is 6.61 Å². The summed E-state index contributed by atoms with van der Waals surface area (Å²) in [4.78, 5) is 23.4. The molecule has 0 aromatic heterocycles. The number of rotatable bonds is 5. The highest BCUT2D eigenvalue weighted by Gasteiger charge is 2.41. The van der Waals surface area contributed by atoms with Crippen LogP contribution in [0.3, 0.4) is 0 Å². The lowest BCUT2D eigenvalue weighted by Crippen LogP contribution is -2.35. The molecule has 108 valence electrons. The summed E-state index contributed by atoms with van der Waals surface area (Å²) in [6.45, 7) is 12.8. The highest BCUT2D eigenvalue weighted by molar-refractivity contribution is 5.96. The maximum Gasteiger partial charge on any atom is 0.313 e. The minimum Gasteiger partial charge on any atom is -0.466 e. The second kappa shape index (κ2) is 5.89. The number of hydrogen-bond acceptors (Lipinski definition) is 3. The van der Waals surface area contributed by atoms with Gasteiger partial charge in [0.1, 0.15) is 12.2 Å². The summed E-state index contributed by atoms with van der Waals surface area (Å²) in [5.74, 6) is -0.461. The molecule has 3 nitrogen and oxygen atoms in total. The highest BCUT2D eigenvalue weighted by atomic mass is 16.5. The maximum atomic E-state index is 12.0. The summed E-state index contributed by atoms with van der Waals surface area (Å²) in [6.07, 6.45) is 3.48. The molecule has 0 radical (unpaired) electrons. The lowest BCUT2D eigenvalue weighted by molar-refractivity contribution is -0.145. The molecule has 0 heterocycles. The summed E-state index contributed by atoms with van der Waals surface area (Å²) in [7, 11) is 0. The Morgan fingerprint density at radius 1 is 1.26 bits per heavy atom. The van der Waals surface area contributed by atoms with Crippen molar-refractivity contribution < 1.29 is 14.3 Å². The fraction of sp³-hybridized carbons (Fsp3) is 0.750. The van der Waals surface area contributed by atoms with Gasteiger partial charge in [-0.2, -0.15) is 0 Å². The van der Waals surface area contributed by atoms with E-state index >= 15 is 0 Å². The molecule has 1 saturated carbocycles. The van der Waals surface area contributed by atoms with Gasteiger partial charge >= 0.3 is 5.97 Å². The van der Waals surface area contributed by atoms with E-state index in [1.807, 2.05) is 0 Å². The van der Waals surface area contributed by atoms with E-state index in [1.54, 1.807) is 6.92 Å². The van der Waals surface area contributed by atoms with Crippen LogP contribution >= 0.6 is 0 Å². The molecule has 1 fully saturated rings. The molecule has 1 aliphatic carbocycles. The number of carbonyl (C=O) groups excluding carboxylic acids is 2. The van der Waals surface area contributed by atoms with Gasteiger partial charge in [-0.3, -0.25) is 9.59 Å². The largest absolute Gasteiger partial charge is 0.466 e. The molecule has 0 bridgehead atoms. The average Bonchev–Trinajstić information content (AvgIpc) is 2.25. The van der Waals surface area contributed by atoms with Crippen LogP contribution in [0.15, 0.2) is 12.2 Å². The lowest BCUT2D eigenvalue weighted by atomic mass is 9.59. The van der Waals surface area contributed by atoms with Gasteiger partial charge in [-0.25, -0.2) is 0 Å². The number of esters is 1. The van der Waals surface area contributed by atoms with Crippen molar-refractivity contribution in [3.05, 3.63) is 12.2 Å². The quantitative estimate of drug-likeness (QED) is 0.433. The molecule has 0 N–H and O–H groups in total. The van der Waals surface area contributed by atoms with E-state index < -0.39 is 5.97 Å². The smallest absolute Gasteiger partial charge is 0.313 e. The summed E-state index contributed by atoms with van der Waals surface area (Å²) in [6, 6.07) is 0. The van der Waals surface area contributed by atoms with Crippen LogP contribution in [0.4, 0.5) is 0 Å². The Morgan fingerprint density at radius 3 is 2.47 bits per heavy atom. The Hall–Kier alpha value is -1.12. The molecule has 0 saturated heterocycles. The second-order valence-corrected chi connectivity index (χ2v) is 6.47. The fourth-order valence-corrected chi connectivity index (χ4v) is 3.10. The first kappa shape index (κ1) is 15.9. The third kappa shape index (κ3) is 3.92. The molecular weight excluding hydrogens is 240 g/mol. The monoisotopic (exact) mass is 266 g/mol. The van der Waals surface area contributed by atoms with Crippen LogP contribution in [-0.2, 0) is 14.3 Å². The van der Waals surface area contributed by atoms with Crippen molar-refractivity contribution in [2.24, 2.45) is 10.8 Å². The average molecular weight is 266 g/mol. The zero-order valence-corrected chi connectivity index (χ0v) is 12.7. The Morgan fingerprint density at radius 2 is 1.89 bits per heavy atom. The Kier molecular flexibility index (Phi) is 4.94. The zero-order valence-electron chi connectivity index (χ0n) is 12.7. The van der Waals surface area contributed by atoms with E-state index in [1.165, 1.54) is 0 Å². The number of ketones is 1. The van der Waals surface area contributed by atoms with E-state index in [2.05, 4.69) is 27.4 Å². The van der Waals surface area contributed by atoms with E-state index in [9.17, 15) is 9.59 Å². The normalized spacial score (nSPS) is 26.0. The van der Waals surface area contributed by atoms with Crippen molar-refractivity contribution in [1.29, 1.82) is 0 Å². The lowest BCUT2D eigenvalue weighted by Gasteiger charge is -2.45. The van der Waals surface area contributed by atoms with Gasteiger partial charge in [-0.15, -0.1) is 0 Å². The van der Waals surface area contributed by atoms with Crippen molar-refractivity contribution >= 4 is 11.8 Å². The van der Waals surface area contributed by atoms with Gasteiger partial charge in [-0.05, 0) is 30.6 Å². The molecule has 1 aliphatic rings.